The Labute approximate surface area is 97.3 Å². The molecule has 3 saturated heterocycles. The van der Waals surface area contributed by atoms with E-state index in [2.05, 4.69) is 10.2 Å². The quantitative estimate of drug-likeness (QED) is 0.746. The minimum absolute atomic E-state index is 0.0769. The maximum absolute atomic E-state index is 6.05. The molecule has 3 fully saturated rings. The van der Waals surface area contributed by atoms with E-state index in [1.807, 2.05) is 0 Å². The fourth-order valence-corrected chi connectivity index (χ4v) is 3.05. The Hall–Kier alpha value is -0.160. The van der Waals surface area contributed by atoms with Gasteiger partial charge in [0.05, 0.1) is 6.10 Å². The molecule has 0 aromatic carbocycles. The zero-order valence-corrected chi connectivity index (χ0v) is 9.86. The van der Waals surface area contributed by atoms with Gasteiger partial charge in [0.15, 0.2) is 6.29 Å². The number of hydrogen-bond donors (Lipinski definition) is 1. The fourth-order valence-electron chi connectivity index (χ4n) is 3.05. The Morgan fingerprint density at radius 1 is 1.31 bits per heavy atom. The third-order valence-electron chi connectivity index (χ3n) is 3.93. The van der Waals surface area contributed by atoms with Crippen molar-refractivity contribution in [3.05, 3.63) is 0 Å². The van der Waals surface area contributed by atoms with Gasteiger partial charge in [-0.05, 0) is 25.7 Å². The standard InChI is InChI=1S/C12H22N2O2/c1-2-6-15-12(3-1)16-11-7-10-8-13-4-5-14(10)9-11/h10-13H,1-9H2. The highest BCUT2D eigenvalue weighted by atomic mass is 16.7. The number of nitrogens with one attached hydrogen (secondary N) is 1. The number of ether oxygens (including phenoxy) is 2. The molecular weight excluding hydrogens is 204 g/mol. The van der Waals surface area contributed by atoms with Gasteiger partial charge in [-0.15, -0.1) is 0 Å². The van der Waals surface area contributed by atoms with Crippen LogP contribution in [0.25, 0.3) is 0 Å². The van der Waals surface area contributed by atoms with Gasteiger partial charge >= 0.3 is 0 Å². The van der Waals surface area contributed by atoms with Crippen molar-refractivity contribution in [2.45, 2.75) is 44.1 Å². The summed E-state index contributed by atoms with van der Waals surface area (Å²) in [5.41, 5.74) is 0. The molecule has 0 amide bonds. The van der Waals surface area contributed by atoms with Crippen LogP contribution in [0.5, 0.6) is 0 Å². The third-order valence-corrected chi connectivity index (χ3v) is 3.93. The largest absolute Gasteiger partial charge is 0.353 e. The average molecular weight is 226 g/mol. The second-order valence-corrected chi connectivity index (χ2v) is 5.14. The molecule has 0 aromatic rings. The molecule has 3 unspecified atom stereocenters. The van der Waals surface area contributed by atoms with Crippen molar-refractivity contribution < 1.29 is 9.47 Å². The Balaban J connectivity index is 1.49. The molecule has 3 heterocycles. The van der Waals surface area contributed by atoms with Crippen LogP contribution in [0.1, 0.15) is 25.7 Å². The van der Waals surface area contributed by atoms with Crippen LogP contribution in [0.3, 0.4) is 0 Å². The fraction of sp³-hybridized carbons (Fsp3) is 1.00. The SMILES string of the molecule is C1CCC(OC2CC3CNCCN3C2)OC1. The summed E-state index contributed by atoms with van der Waals surface area (Å²) >= 11 is 0. The minimum Gasteiger partial charge on any atom is -0.353 e. The lowest BCUT2D eigenvalue weighted by molar-refractivity contribution is -0.185. The molecule has 3 aliphatic rings. The lowest BCUT2D eigenvalue weighted by Crippen LogP contribution is -2.47. The van der Waals surface area contributed by atoms with E-state index in [0.717, 1.165) is 32.7 Å². The van der Waals surface area contributed by atoms with Crippen molar-refractivity contribution in [2.75, 3.05) is 32.8 Å². The Bertz CT molecular complexity index is 217. The van der Waals surface area contributed by atoms with E-state index < -0.39 is 0 Å². The van der Waals surface area contributed by atoms with Crippen LogP contribution < -0.4 is 5.32 Å². The van der Waals surface area contributed by atoms with Gasteiger partial charge in [0.25, 0.3) is 0 Å². The molecule has 0 aliphatic carbocycles. The Morgan fingerprint density at radius 3 is 3.12 bits per heavy atom. The summed E-state index contributed by atoms with van der Waals surface area (Å²) in [7, 11) is 0. The summed E-state index contributed by atoms with van der Waals surface area (Å²) in [6.07, 6.45) is 5.18. The summed E-state index contributed by atoms with van der Waals surface area (Å²) in [5.74, 6) is 0. The second kappa shape index (κ2) is 5.00. The first kappa shape index (κ1) is 11.0. The highest BCUT2D eigenvalue weighted by molar-refractivity contribution is 4.90. The zero-order valence-electron chi connectivity index (χ0n) is 9.86. The first-order valence-corrected chi connectivity index (χ1v) is 6.63. The molecule has 0 spiro atoms. The lowest BCUT2D eigenvalue weighted by Gasteiger charge is -2.29. The highest BCUT2D eigenvalue weighted by Crippen LogP contribution is 2.24. The number of nitrogens with zero attached hydrogens (tertiary/aromatic N) is 1. The van der Waals surface area contributed by atoms with Crippen LogP contribution in [0.15, 0.2) is 0 Å². The van der Waals surface area contributed by atoms with Crippen molar-refractivity contribution >= 4 is 0 Å². The molecule has 3 rings (SSSR count). The number of rotatable bonds is 2. The lowest BCUT2D eigenvalue weighted by atomic mass is 10.1. The molecule has 3 atom stereocenters. The highest BCUT2D eigenvalue weighted by Gasteiger charge is 2.35. The van der Waals surface area contributed by atoms with Gasteiger partial charge in [0.2, 0.25) is 0 Å². The third kappa shape index (κ3) is 2.40. The van der Waals surface area contributed by atoms with Gasteiger partial charge in [0, 0.05) is 38.8 Å². The molecule has 92 valence electrons. The predicted molar refractivity (Wildman–Crippen MR) is 61.3 cm³/mol. The van der Waals surface area contributed by atoms with Gasteiger partial charge in [0.1, 0.15) is 0 Å². The van der Waals surface area contributed by atoms with E-state index in [0.29, 0.717) is 12.1 Å². The topological polar surface area (TPSA) is 33.7 Å². The molecule has 0 saturated carbocycles. The van der Waals surface area contributed by atoms with Crippen molar-refractivity contribution in [1.82, 2.24) is 10.2 Å². The minimum atomic E-state index is 0.0769. The number of hydrogen-bond acceptors (Lipinski definition) is 4. The van der Waals surface area contributed by atoms with Crippen LogP contribution in [0.4, 0.5) is 0 Å². The van der Waals surface area contributed by atoms with Crippen LogP contribution in [0.2, 0.25) is 0 Å². The van der Waals surface area contributed by atoms with E-state index in [4.69, 9.17) is 9.47 Å². The van der Waals surface area contributed by atoms with E-state index in [1.165, 1.54) is 25.8 Å². The first-order valence-electron chi connectivity index (χ1n) is 6.63. The number of piperazine rings is 1. The molecular formula is C12H22N2O2. The van der Waals surface area contributed by atoms with Gasteiger partial charge in [-0.25, -0.2) is 0 Å². The molecule has 3 aliphatic heterocycles. The Kier molecular flexibility index (Phi) is 3.43. The van der Waals surface area contributed by atoms with Crippen molar-refractivity contribution in [1.29, 1.82) is 0 Å². The average Bonchev–Trinajstić information content (AvgIpc) is 2.72. The van der Waals surface area contributed by atoms with E-state index in [9.17, 15) is 0 Å². The van der Waals surface area contributed by atoms with Gasteiger partial charge in [-0.2, -0.15) is 0 Å². The summed E-state index contributed by atoms with van der Waals surface area (Å²) in [6.45, 7) is 5.42. The monoisotopic (exact) mass is 226 g/mol. The normalized spacial score (nSPS) is 40.9. The van der Waals surface area contributed by atoms with E-state index in [1.54, 1.807) is 0 Å². The van der Waals surface area contributed by atoms with E-state index >= 15 is 0 Å². The molecule has 0 radical (unpaired) electrons. The predicted octanol–water partition coefficient (Wildman–Crippen LogP) is 0.576. The summed E-state index contributed by atoms with van der Waals surface area (Å²) in [6, 6.07) is 0.697. The molecule has 4 heteroatoms. The molecule has 0 aromatic heterocycles. The molecule has 1 N–H and O–H groups in total. The van der Waals surface area contributed by atoms with Crippen molar-refractivity contribution in [2.24, 2.45) is 0 Å². The van der Waals surface area contributed by atoms with Crippen LogP contribution in [-0.4, -0.2) is 56.1 Å². The van der Waals surface area contributed by atoms with Gasteiger partial charge in [-0.3, -0.25) is 4.90 Å². The van der Waals surface area contributed by atoms with Crippen molar-refractivity contribution in [3.63, 3.8) is 0 Å². The first-order chi connectivity index (χ1) is 7.92. The van der Waals surface area contributed by atoms with Crippen molar-refractivity contribution in [3.8, 4) is 0 Å². The summed E-state index contributed by atoms with van der Waals surface area (Å²) in [5, 5.41) is 3.45. The van der Waals surface area contributed by atoms with E-state index in [-0.39, 0.29) is 6.29 Å². The maximum Gasteiger partial charge on any atom is 0.158 e. The molecule has 16 heavy (non-hydrogen) atoms. The zero-order chi connectivity index (χ0) is 10.8. The number of fused-ring (bicyclic) bond motifs is 1. The smallest absolute Gasteiger partial charge is 0.158 e. The maximum atomic E-state index is 6.05. The van der Waals surface area contributed by atoms with Crippen LogP contribution in [0, 0.1) is 0 Å². The van der Waals surface area contributed by atoms with Gasteiger partial charge < -0.3 is 14.8 Å². The van der Waals surface area contributed by atoms with Crippen LogP contribution >= 0.6 is 0 Å². The summed E-state index contributed by atoms with van der Waals surface area (Å²) < 4.78 is 11.7. The summed E-state index contributed by atoms with van der Waals surface area (Å²) in [4.78, 5) is 2.56. The molecule has 0 bridgehead atoms. The van der Waals surface area contributed by atoms with Crippen LogP contribution in [-0.2, 0) is 9.47 Å². The molecule has 4 nitrogen and oxygen atoms in total. The Morgan fingerprint density at radius 2 is 2.31 bits per heavy atom. The second-order valence-electron chi connectivity index (χ2n) is 5.14. The van der Waals surface area contributed by atoms with Gasteiger partial charge in [-0.1, -0.05) is 0 Å².